The maximum atomic E-state index is 10.5. The SMILES string of the molecule is O[CH-]C(F)(F)F.[Ta]. The van der Waals surface area contributed by atoms with Crippen LogP contribution in [-0.4, -0.2) is 11.3 Å². The second-order valence-corrected chi connectivity index (χ2v) is 0.671. The fourth-order valence-electron chi connectivity index (χ4n) is 0. The van der Waals surface area contributed by atoms with Gasteiger partial charge in [0.15, 0.2) is 0 Å². The van der Waals surface area contributed by atoms with E-state index < -0.39 is 12.8 Å². The Morgan fingerprint density at radius 1 is 1.29 bits per heavy atom. The molecule has 0 saturated heterocycles. The van der Waals surface area contributed by atoms with Crippen molar-refractivity contribution in [3.63, 3.8) is 0 Å². The molecule has 1 N–H and O–H groups in total. The number of aliphatic hydroxyl groups is 1. The molecule has 5 heteroatoms. The summed E-state index contributed by atoms with van der Waals surface area (Å²) in [4.78, 5) is 0. The molecule has 0 aliphatic rings. The number of alkyl halides is 3. The standard InChI is InChI=1S/C2H2F3O.Ta/c3-2(4,5)1-6;/h1,6H;/q-1;. The van der Waals surface area contributed by atoms with E-state index >= 15 is 0 Å². The minimum atomic E-state index is -4.53. The Bertz CT molecular complexity index is 42.7. The first kappa shape index (κ1) is 10.5. The average molecular weight is 280 g/mol. The summed E-state index contributed by atoms with van der Waals surface area (Å²) in [6, 6.07) is 0. The summed E-state index contributed by atoms with van der Waals surface area (Å²) in [6.45, 7) is -0.812. The molecule has 0 atom stereocenters. The van der Waals surface area contributed by atoms with Crippen LogP contribution in [0, 0.1) is 6.61 Å². The van der Waals surface area contributed by atoms with E-state index in [4.69, 9.17) is 5.11 Å². The molecular formula is C2H2F3OTa-. The summed E-state index contributed by atoms with van der Waals surface area (Å²) in [6.07, 6.45) is -4.53. The molecule has 43 valence electrons. The molecule has 0 aromatic rings. The Hall–Kier alpha value is 0.490. The van der Waals surface area contributed by atoms with Gasteiger partial charge in [0.05, 0.1) is 0 Å². The van der Waals surface area contributed by atoms with Gasteiger partial charge in [-0.2, -0.15) is 0 Å². The van der Waals surface area contributed by atoms with Gasteiger partial charge in [-0.1, -0.05) is 0 Å². The van der Waals surface area contributed by atoms with Gasteiger partial charge in [-0.25, -0.2) is 13.2 Å². The zero-order valence-corrected chi connectivity index (χ0v) is 6.32. The van der Waals surface area contributed by atoms with Gasteiger partial charge in [0.1, 0.15) is 0 Å². The molecule has 0 bridgehead atoms. The van der Waals surface area contributed by atoms with E-state index in [2.05, 4.69) is 0 Å². The molecule has 0 aliphatic carbocycles. The van der Waals surface area contributed by atoms with Crippen molar-refractivity contribution in [3.05, 3.63) is 6.61 Å². The van der Waals surface area contributed by atoms with Crippen LogP contribution in [-0.2, 0) is 22.4 Å². The van der Waals surface area contributed by atoms with Crippen LogP contribution in [0.1, 0.15) is 0 Å². The number of halogens is 3. The number of hydrogen-bond acceptors (Lipinski definition) is 1. The smallest absolute Gasteiger partial charge is 0.291 e. The van der Waals surface area contributed by atoms with E-state index in [1.807, 2.05) is 0 Å². The maximum Gasteiger partial charge on any atom is 0.291 e. The van der Waals surface area contributed by atoms with E-state index in [-0.39, 0.29) is 22.4 Å². The van der Waals surface area contributed by atoms with Gasteiger partial charge in [-0.3, -0.25) is 0 Å². The molecule has 0 spiro atoms. The Labute approximate surface area is 54.0 Å². The number of hydrogen-bond donors (Lipinski definition) is 1. The molecule has 1 radical (unpaired) electrons. The van der Waals surface area contributed by atoms with Gasteiger partial charge in [0.2, 0.25) is 0 Å². The fourth-order valence-corrected chi connectivity index (χ4v) is 0. The zero-order chi connectivity index (χ0) is 5.21. The van der Waals surface area contributed by atoms with Gasteiger partial charge in [-0.05, 0) is 0 Å². The first-order valence-corrected chi connectivity index (χ1v) is 1.11. The van der Waals surface area contributed by atoms with Crippen LogP contribution in [0.3, 0.4) is 0 Å². The van der Waals surface area contributed by atoms with Gasteiger partial charge in [0, 0.05) is 22.4 Å². The van der Waals surface area contributed by atoms with Crippen molar-refractivity contribution in [1.82, 2.24) is 0 Å². The molecule has 0 heterocycles. The second-order valence-electron chi connectivity index (χ2n) is 0.671. The summed E-state index contributed by atoms with van der Waals surface area (Å²) in [5.74, 6) is 0. The molecule has 0 amide bonds. The van der Waals surface area contributed by atoms with Crippen LogP contribution in [0.15, 0.2) is 0 Å². The zero-order valence-electron chi connectivity index (χ0n) is 3.11. The molecule has 0 rings (SSSR count). The molecular weight excluding hydrogens is 278 g/mol. The van der Waals surface area contributed by atoms with E-state index in [0.717, 1.165) is 0 Å². The van der Waals surface area contributed by atoms with Crippen LogP contribution in [0.2, 0.25) is 0 Å². The monoisotopic (exact) mass is 280 g/mol. The number of rotatable bonds is 0. The summed E-state index contributed by atoms with van der Waals surface area (Å²) >= 11 is 0. The molecule has 0 unspecified atom stereocenters. The predicted octanol–water partition coefficient (Wildman–Crippen LogP) is 1.08. The Kier molecular flexibility index (Phi) is 5.21. The molecule has 7 heavy (non-hydrogen) atoms. The van der Waals surface area contributed by atoms with Crippen molar-refractivity contribution in [3.8, 4) is 0 Å². The van der Waals surface area contributed by atoms with Crippen molar-refractivity contribution in [2.45, 2.75) is 6.18 Å². The normalized spacial score (nSPS) is 10.3. The van der Waals surface area contributed by atoms with Gasteiger partial charge < -0.3 is 5.11 Å². The summed E-state index contributed by atoms with van der Waals surface area (Å²) in [5, 5.41) is 7.15. The molecule has 0 saturated carbocycles. The van der Waals surface area contributed by atoms with Crippen molar-refractivity contribution >= 4 is 0 Å². The van der Waals surface area contributed by atoms with Crippen molar-refractivity contribution in [1.29, 1.82) is 0 Å². The van der Waals surface area contributed by atoms with Crippen LogP contribution < -0.4 is 0 Å². The minimum Gasteiger partial charge on any atom is -0.558 e. The van der Waals surface area contributed by atoms with Gasteiger partial charge >= 0.3 is 0 Å². The molecule has 0 aromatic heterocycles. The Morgan fingerprint density at radius 2 is 1.43 bits per heavy atom. The molecule has 0 aliphatic heterocycles. The second kappa shape index (κ2) is 3.49. The number of aliphatic hydroxyl groups excluding tert-OH is 1. The first-order valence-electron chi connectivity index (χ1n) is 1.11. The quantitative estimate of drug-likeness (QED) is 0.658. The molecule has 1 nitrogen and oxygen atoms in total. The van der Waals surface area contributed by atoms with E-state index in [0.29, 0.717) is 0 Å². The predicted molar refractivity (Wildman–Crippen MR) is 12.3 cm³/mol. The van der Waals surface area contributed by atoms with Crippen molar-refractivity contribution < 1.29 is 40.7 Å². The maximum absolute atomic E-state index is 10.5. The van der Waals surface area contributed by atoms with Crippen LogP contribution in [0.25, 0.3) is 0 Å². The van der Waals surface area contributed by atoms with Crippen molar-refractivity contribution in [2.75, 3.05) is 0 Å². The van der Waals surface area contributed by atoms with E-state index in [1.165, 1.54) is 0 Å². The minimum absolute atomic E-state index is 0. The van der Waals surface area contributed by atoms with Crippen molar-refractivity contribution in [2.24, 2.45) is 0 Å². The largest absolute Gasteiger partial charge is 0.558 e. The first-order chi connectivity index (χ1) is 2.56. The summed E-state index contributed by atoms with van der Waals surface area (Å²) in [7, 11) is 0. The summed E-state index contributed by atoms with van der Waals surface area (Å²) in [5.41, 5.74) is 0. The van der Waals surface area contributed by atoms with E-state index in [1.54, 1.807) is 0 Å². The fraction of sp³-hybridized carbons (Fsp3) is 0.500. The topological polar surface area (TPSA) is 20.2 Å². The van der Waals surface area contributed by atoms with Crippen LogP contribution >= 0.6 is 0 Å². The summed E-state index contributed by atoms with van der Waals surface area (Å²) < 4.78 is 31.4. The Balaban J connectivity index is 0. The Morgan fingerprint density at radius 3 is 1.43 bits per heavy atom. The van der Waals surface area contributed by atoms with Crippen LogP contribution in [0.4, 0.5) is 13.2 Å². The third-order valence-corrected chi connectivity index (χ3v) is 0.146. The van der Waals surface area contributed by atoms with E-state index in [9.17, 15) is 13.2 Å². The molecule has 0 aromatic carbocycles. The van der Waals surface area contributed by atoms with Gasteiger partial charge in [0.25, 0.3) is 6.18 Å². The van der Waals surface area contributed by atoms with Gasteiger partial charge in [-0.15, -0.1) is 6.61 Å². The third-order valence-electron chi connectivity index (χ3n) is 0.146. The average Bonchev–Trinajstić information content (AvgIpc) is 1.35. The third kappa shape index (κ3) is 10.7. The van der Waals surface area contributed by atoms with Crippen LogP contribution in [0.5, 0.6) is 0 Å². The molecule has 0 fully saturated rings.